The number of allylic oxidation sites excluding steroid dienone is 2. The molecule has 0 bridgehead atoms. The minimum Gasteiger partial charge on any atom is -0.369 e. The summed E-state index contributed by atoms with van der Waals surface area (Å²) in [7, 11) is -1.66. The van der Waals surface area contributed by atoms with E-state index in [4.69, 9.17) is 11.6 Å². The van der Waals surface area contributed by atoms with Gasteiger partial charge in [0.25, 0.3) is 5.91 Å². The van der Waals surface area contributed by atoms with Gasteiger partial charge in [-0.05, 0) is 37.1 Å². The third-order valence-electron chi connectivity index (χ3n) is 5.55. The van der Waals surface area contributed by atoms with Gasteiger partial charge in [0.15, 0.2) is 16.1 Å². The Bertz CT molecular complexity index is 1430. The lowest BCUT2D eigenvalue weighted by Crippen LogP contribution is -2.15. The Kier molecular flexibility index (Phi) is 7.11. The maximum Gasteiger partial charge on any atom is 0.256 e. The molecule has 3 aromatic rings. The lowest BCUT2D eigenvalue weighted by atomic mass is 10.1. The number of benzene rings is 2. The summed E-state index contributed by atoms with van der Waals surface area (Å²) >= 11 is 6.14. The standard InChI is InChI=1S/C25H25ClN4O4S/c1-30-23(28-24(31)17-6-5-7-19(14-17)35(2,33)34)15-22(29-30)16-10-12-18(13-11-16)27-25(32)20-8-3-4-9-21(20)26/h5-15,24,28,31H,3-4H2,1-2H3,(H,27,32). The van der Waals surface area contributed by atoms with Gasteiger partial charge in [-0.1, -0.05) is 48.0 Å². The lowest BCUT2D eigenvalue weighted by molar-refractivity contribution is -0.112. The van der Waals surface area contributed by atoms with Crippen molar-refractivity contribution in [3.8, 4) is 11.3 Å². The number of hydrogen-bond donors (Lipinski definition) is 3. The predicted molar refractivity (Wildman–Crippen MR) is 137 cm³/mol. The highest BCUT2D eigenvalue weighted by atomic mass is 35.5. The molecule has 182 valence electrons. The average molecular weight is 513 g/mol. The topological polar surface area (TPSA) is 113 Å². The summed E-state index contributed by atoms with van der Waals surface area (Å²) in [6.45, 7) is 0. The number of sulfone groups is 1. The van der Waals surface area contributed by atoms with Gasteiger partial charge >= 0.3 is 0 Å². The van der Waals surface area contributed by atoms with Crippen molar-refractivity contribution in [1.82, 2.24) is 9.78 Å². The molecule has 1 amide bonds. The summed E-state index contributed by atoms with van der Waals surface area (Å²) in [6.07, 6.45) is 5.27. The number of aliphatic hydroxyl groups excluding tert-OH is 1. The molecule has 8 nitrogen and oxygen atoms in total. The van der Waals surface area contributed by atoms with Crippen molar-refractivity contribution < 1.29 is 18.3 Å². The minimum absolute atomic E-state index is 0.131. The number of nitrogens with zero attached hydrogens (tertiary/aromatic N) is 2. The fraction of sp³-hybridized carbons (Fsp3) is 0.200. The van der Waals surface area contributed by atoms with Crippen LogP contribution in [0.15, 0.2) is 82.3 Å². The maximum atomic E-state index is 12.5. The molecular formula is C25H25ClN4O4S. The third-order valence-corrected chi connectivity index (χ3v) is 7.01. The van der Waals surface area contributed by atoms with Crippen molar-refractivity contribution in [2.75, 3.05) is 16.9 Å². The van der Waals surface area contributed by atoms with Crippen LogP contribution in [0.5, 0.6) is 0 Å². The van der Waals surface area contributed by atoms with Gasteiger partial charge in [-0.3, -0.25) is 9.48 Å². The molecule has 1 heterocycles. The molecule has 4 rings (SSSR count). The molecule has 1 aromatic heterocycles. The molecule has 0 spiro atoms. The Hall–Kier alpha value is -3.40. The Morgan fingerprint density at radius 3 is 2.51 bits per heavy atom. The zero-order valence-corrected chi connectivity index (χ0v) is 20.8. The number of carbonyl (C=O) groups is 1. The normalized spacial score (nSPS) is 14.6. The number of rotatable bonds is 7. The zero-order valence-electron chi connectivity index (χ0n) is 19.2. The second-order valence-corrected chi connectivity index (χ2v) is 10.6. The van der Waals surface area contributed by atoms with Crippen LogP contribution in [0.25, 0.3) is 11.3 Å². The Morgan fingerprint density at radius 1 is 1.11 bits per heavy atom. The van der Waals surface area contributed by atoms with Crippen molar-refractivity contribution in [3.63, 3.8) is 0 Å². The molecule has 0 aliphatic heterocycles. The van der Waals surface area contributed by atoms with Crippen molar-refractivity contribution in [2.24, 2.45) is 7.05 Å². The number of nitrogens with one attached hydrogen (secondary N) is 2. The SMILES string of the molecule is Cn1nc(-c2ccc(NC(=O)C3=CCCC=C3Cl)cc2)cc1NC(O)c1cccc(S(C)(=O)=O)c1. The number of halogens is 1. The zero-order chi connectivity index (χ0) is 25.2. The van der Waals surface area contributed by atoms with E-state index in [1.165, 1.54) is 12.1 Å². The van der Waals surface area contributed by atoms with E-state index in [0.29, 0.717) is 33.4 Å². The van der Waals surface area contributed by atoms with Gasteiger partial charge in [-0.2, -0.15) is 5.10 Å². The summed E-state index contributed by atoms with van der Waals surface area (Å²) in [4.78, 5) is 12.6. The molecular weight excluding hydrogens is 488 g/mol. The second kappa shape index (κ2) is 10.1. The summed E-state index contributed by atoms with van der Waals surface area (Å²) in [5.74, 6) is 0.289. The molecule has 1 atom stereocenters. The minimum atomic E-state index is -3.39. The highest BCUT2D eigenvalue weighted by Gasteiger charge is 2.17. The Morgan fingerprint density at radius 2 is 1.83 bits per heavy atom. The number of amides is 1. The third kappa shape index (κ3) is 5.82. The number of aryl methyl sites for hydroxylation is 1. The number of anilines is 2. The molecule has 0 fully saturated rings. The van der Waals surface area contributed by atoms with Crippen LogP contribution in [0, 0.1) is 0 Å². The van der Waals surface area contributed by atoms with Crippen molar-refractivity contribution in [1.29, 1.82) is 0 Å². The second-order valence-electron chi connectivity index (χ2n) is 8.21. The van der Waals surface area contributed by atoms with Crippen LogP contribution in [0.2, 0.25) is 0 Å². The van der Waals surface area contributed by atoms with Gasteiger partial charge in [0.2, 0.25) is 0 Å². The lowest BCUT2D eigenvalue weighted by Gasteiger charge is -2.15. The van der Waals surface area contributed by atoms with Crippen LogP contribution >= 0.6 is 11.6 Å². The van der Waals surface area contributed by atoms with E-state index in [2.05, 4.69) is 15.7 Å². The van der Waals surface area contributed by atoms with Gasteiger partial charge in [-0.25, -0.2) is 8.42 Å². The smallest absolute Gasteiger partial charge is 0.256 e. The first-order valence-corrected chi connectivity index (χ1v) is 13.2. The Labute approximate surface area is 208 Å². The first-order valence-electron chi connectivity index (χ1n) is 10.9. The highest BCUT2D eigenvalue weighted by Crippen LogP contribution is 2.27. The van der Waals surface area contributed by atoms with Crippen molar-refractivity contribution >= 4 is 38.9 Å². The van der Waals surface area contributed by atoms with Crippen LogP contribution in [0.4, 0.5) is 11.5 Å². The van der Waals surface area contributed by atoms with Gasteiger partial charge in [0.1, 0.15) is 5.82 Å². The first-order chi connectivity index (χ1) is 16.6. The summed E-state index contributed by atoms with van der Waals surface area (Å²) in [5.41, 5.74) is 2.99. The van der Waals surface area contributed by atoms with Gasteiger partial charge in [0.05, 0.1) is 16.2 Å². The van der Waals surface area contributed by atoms with Gasteiger partial charge in [0, 0.05) is 41.2 Å². The predicted octanol–water partition coefficient (Wildman–Crippen LogP) is 4.38. The molecule has 1 aliphatic rings. The van der Waals surface area contributed by atoms with Crippen molar-refractivity contribution in [2.45, 2.75) is 24.0 Å². The van der Waals surface area contributed by atoms with E-state index >= 15 is 0 Å². The highest BCUT2D eigenvalue weighted by molar-refractivity contribution is 7.90. The summed E-state index contributed by atoms with van der Waals surface area (Å²) in [6, 6.07) is 15.1. The van der Waals surface area contributed by atoms with Gasteiger partial charge < -0.3 is 15.7 Å². The average Bonchev–Trinajstić information content (AvgIpc) is 3.19. The molecule has 2 aromatic carbocycles. The van der Waals surface area contributed by atoms with Crippen LogP contribution in [-0.2, 0) is 21.7 Å². The maximum absolute atomic E-state index is 12.5. The van der Waals surface area contributed by atoms with Crippen LogP contribution < -0.4 is 10.6 Å². The van der Waals surface area contributed by atoms with E-state index in [-0.39, 0.29) is 10.8 Å². The largest absolute Gasteiger partial charge is 0.369 e. The molecule has 0 saturated carbocycles. The number of carbonyl (C=O) groups excluding carboxylic acids is 1. The van der Waals surface area contributed by atoms with E-state index in [1.54, 1.807) is 42.1 Å². The van der Waals surface area contributed by atoms with Crippen molar-refractivity contribution in [3.05, 3.63) is 82.9 Å². The number of aromatic nitrogens is 2. The van der Waals surface area contributed by atoms with E-state index in [1.807, 2.05) is 24.3 Å². The quantitative estimate of drug-likeness (QED) is 0.405. The van der Waals surface area contributed by atoms with Gasteiger partial charge in [-0.15, -0.1) is 0 Å². The molecule has 35 heavy (non-hydrogen) atoms. The summed E-state index contributed by atoms with van der Waals surface area (Å²) in [5, 5.41) is 21.4. The summed E-state index contributed by atoms with van der Waals surface area (Å²) < 4.78 is 25.2. The van der Waals surface area contributed by atoms with E-state index in [0.717, 1.165) is 24.7 Å². The fourth-order valence-corrected chi connectivity index (χ4v) is 4.60. The molecule has 0 saturated heterocycles. The molecule has 10 heteroatoms. The molecule has 1 unspecified atom stereocenters. The fourth-order valence-electron chi connectivity index (χ4n) is 3.65. The number of hydrogen-bond acceptors (Lipinski definition) is 6. The molecule has 3 N–H and O–H groups in total. The van der Waals surface area contributed by atoms with Crippen LogP contribution in [-0.4, -0.2) is 35.5 Å². The first kappa shape index (κ1) is 24.7. The molecule has 1 aliphatic carbocycles. The Balaban J connectivity index is 1.46. The van der Waals surface area contributed by atoms with Crippen LogP contribution in [0.1, 0.15) is 24.6 Å². The van der Waals surface area contributed by atoms with Crippen LogP contribution in [0.3, 0.4) is 0 Å². The molecule has 0 radical (unpaired) electrons. The van der Waals surface area contributed by atoms with E-state index < -0.39 is 16.1 Å². The number of aliphatic hydroxyl groups is 1. The monoisotopic (exact) mass is 512 g/mol. The van der Waals surface area contributed by atoms with E-state index in [9.17, 15) is 18.3 Å².